The van der Waals surface area contributed by atoms with E-state index in [1.807, 2.05) is 18.2 Å². The molecule has 1 atom stereocenters. The third-order valence-corrected chi connectivity index (χ3v) is 1.97. The van der Waals surface area contributed by atoms with Crippen LogP contribution in [0.3, 0.4) is 0 Å². The summed E-state index contributed by atoms with van der Waals surface area (Å²) in [7, 11) is 0. The van der Waals surface area contributed by atoms with Crippen molar-refractivity contribution in [1.29, 1.82) is 0 Å². The third kappa shape index (κ3) is 3.28. The van der Waals surface area contributed by atoms with Gasteiger partial charge in [-0.05, 0) is 11.5 Å². The number of hydrogen-bond donors (Lipinski definition) is 1. The second-order valence-electron chi connectivity index (χ2n) is 3.12. The number of hydrogen-bond acceptors (Lipinski definition) is 1. The summed E-state index contributed by atoms with van der Waals surface area (Å²) in [5.74, 6) is 0.120. The molecule has 0 saturated heterocycles. The number of amides is 1. The van der Waals surface area contributed by atoms with Crippen LogP contribution in [-0.2, 0) is 4.79 Å². The van der Waals surface area contributed by atoms with Crippen molar-refractivity contribution in [3.05, 3.63) is 42.8 Å². The second kappa shape index (κ2) is 4.65. The Morgan fingerprint density at radius 3 is 2.62 bits per heavy atom. The molecule has 0 aliphatic rings. The predicted molar refractivity (Wildman–Crippen MR) is 53.2 cm³/mol. The van der Waals surface area contributed by atoms with Crippen molar-refractivity contribution in [3.8, 4) is 0 Å². The van der Waals surface area contributed by atoms with Gasteiger partial charge in [-0.15, -0.1) is 0 Å². The first-order chi connectivity index (χ1) is 6.20. The molecule has 13 heavy (non-hydrogen) atoms. The highest BCUT2D eigenvalue weighted by Crippen LogP contribution is 2.12. The SMILES string of the molecule is [CH2]C(=O)NCC(C)c1ccccc1. The zero-order valence-electron chi connectivity index (χ0n) is 7.79. The van der Waals surface area contributed by atoms with Crippen molar-refractivity contribution < 1.29 is 4.79 Å². The summed E-state index contributed by atoms with van der Waals surface area (Å²) >= 11 is 0. The Balaban J connectivity index is 2.49. The molecule has 1 rings (SSSR count). The fourth-order valence-electron chi connectivity index (χ4n) is 1.17. The Bertz CT molecular complexity index is 269. The van der Waals surface area contributed by atoms with E-state index in [1.165, 1.54) is 5.56 Å². The molecule has 1 aromatic rings. The fourth-order valence-corrected chi connectivity index (χ4v) is 1.17. The standard InChI is InChI=1S/C11H14NO/c1-9(8-12-10(2)13)11-6-4-3-5-7-11/h3-7,9H,2,8H2,1H3,(H,12,13). The van der Waals surface area contributed by atoms with Crippen molar-refractivity contribution in [1.82, 2.24) is 5.32 Å². The lowest BCUT2D eigenvalue weighted by Gasteiger charge is -2.11. The van der Waals surface area contributed by atoms with E-state index in [0.717, 1.165) is 0 Å². The lowest BCUT2D eigenvalue weighted by atomic mass is 10.0. The van der Waals surface area contributed by atoms with Crippen LogP contribution in [0.2, 0.25) is 0 Å². The van der Waals surface area contributed by atoms with Gasteiger partial charge in [-0.1, -0.05) is 37.3 Å². The molecular formula is C11H14NO. The third-order valence-electron chi connectivity index (χ3n) is 1.97. The molecule has 0 saturated carbocycles. The predicted octanol–water partition coefficient (Wildman–Crippen LogP) is 1.74. The van der Waals surface area contributed by atoms with E-state index in [4.69, 9.17) is 0 Å². The topological polar surface area (TPSA) is 29.1 Å². The van der Waals surface area contributed by atoms with Crippen molar-refractivity contribution in [2.45, 2.75) is 12.8 Å². The van der Waals surface area contributed by atoms with Gasteiger partial charge in [-0.3, -0.25) is 4.79 Å². The van der Waals surface area contributed by atoms with Gasteiger partial charge in [0.25, 0.3) is 0 Å². The van der Waals surface area contributed by atoms with Gasteiger partial charge >= 0.3 is 0 Å². The van der Waals surface area contributed by atoms with Crippen LogP contribution in [0.25, 0.3) is 0 Å². The van der Waals surface area contributed by atoms with Gasteiger partial charge in [0.2, 0.25) is 5.91 Å². The Labute approximate surface area is 79.0 Å². The first-order valence-electron chi connectivity index (χ1n) is 4.35. The summed E-state index contributed by atoms with van der Waals surface area (Å²) < 4.78 is 0. The normalized spacial score (nSPS) is 12.2. The van der Waals surface area contributed by atoms with Crippen molar-refractivity contribution in [3.63, 3.8) is 0 Å². The zero-order valence-corrected chi connectivity index (χ0v) is 7.79. The minimum atomic E-state index is -0.220. The van der Waals surface area contributed by atoms with Crippen LogP contribution in [0.5, 0.6) is 0 Å². The van der Waals surface area contributed by atoms with E-state index in [9.17, 15) is 4.79 Å². The molecule has 2 heteroatoms. The van der Waals surface area contributed by atoms with Crippen molar-refractivity contribution in [2.24, 2.45) is 0 Å². The van der Waals surface area contributed by atoms with Crippen LogP contribution >= 0.6 is 0 Å². The lowest BCUT2D eigenvalue weighted by molar-refractivity contribution is -0.116. The molecule has 2 nitrogen and oxygen atoms in total. The van der Waals surface area contributed by atoms with Crippen molar-refractivity contribution in [2.75, 3.05) is 6.54 Å². The first kappa shape index (κ1) is 9.78. The van der Waals surface area contributed by atoms with Crippen molar-refractivity contribution >= 4 is 5.91 Å². The number of carbonyl (C=O) groups is 1. The number of rotatable bonds is 3. The summed E-state index contributed by atoms with van der Waals surface area (Å²) in [4.78, 5) is 10.6. The van der Waals surface area contributed by atoms with E-state index >= 15 is 0 Å². The molecule has 0 heterocycles. The van der Waals surface area contributed by atoms with Gasteiger partial charge < -0.3 is 5.32 Å². The van der Waals surface area contributed by atoms with Crippen LogP contribution in [0.15, 0.2) is 30.3 Å². The minimum Gasteiger partial charge on any atom is -0.355 e. The maximum absolute atomic E-state index is 10.6. The Morgan fingerprint density at radius 2 is 2.08 bits per heavy atom. The highest BCUT2D eigenvalue weighted by molar-refractivity contribution is 5.80. The number of nitrogens with one attached hydrogen (secondary N) is 1. The van der Waals surface area contributed by atoms with E-state index in [0.29, 0.717) is 12.5 Å². The molecule has 1 unspecified atom stereocenters. The fraction of sp³-hybridized carbons (Fsp3) is 0.273. The summed E-state index contributed by atoms with van der Waals surface area (Å²) in [6.07, 6.45) is 0. The first-order valence-corrected chi connectivity index (χ1v) is 4.35. The lowest BCUT2D eigenvalue weighted by Crippen LogP contribution is -2.24. The maximum Gasteiger partial charge on any atom is 0.220 e. The molecule has 1 amide bonds. The molecule has 69 valence electrons. The van der Waals surface area contributed by atoms with E-state index in [2.05, 4.69) is 31.3 Å². The Morgan fingerprint density at radius 1 is 1.46 bits per heavy atom. The van der Waals surface area contributed by atoms with E-state index in [1.54, 1.807) is 0 Å². The van der Waals surface area contributed by atoms with Gasteiger partial charge in [0, 0.05) is 13.5 Å². The highest BCUT2D eigenvalue weighted by atomic mass is 16.1. The van der Waals surface area contributed by atoms with Crippen LogP contribution in [-0.4, -0.2) is 12.5 Å². The van der Waals surface area contributed by atoms with Gasteiger partial charge in [0.15, 0.2) is 0 Å². The quantitative estimate of drug-likeness (QED) is 0.746. The Kier molecular flexibility index (Phi) is 3.50. The smallest absolute Gasteiger partial charge is 0.220 e. The monoisotopic (exact) mass is 176 g/mol. The minimum absolute atomic E-state index is 0.220. The van der Waals surface area contributed by atoms with E-state index < -0.39 is 0 Å². The zero-order chi connectivity index (χ0) is 9.68. The van der Waals surface area contributed by atoms with Gasteiger partial charge in [-0.2, -0.15) is 0 Å². The molecule has 0 spiro atoms. The van der Waals surface area contributed by atoms with Gasteiger partial charge in [0.05, 0.1) is 0 Å². The maximum atomic E-state index is 10.6. The van der Waals surface area contributed by atoms with Crippen LogP contribution in [0.1, 0.15) is 18.4 Å². The summed E-state index contributed by atoms with van der Waals surface area (Å²) in [5.41, 5.74) is 1.23. The summed E-state index contributed by atoms with van der Waals surface area (Å²) in [5, 5.41) is 2.69. The summed E-state index contributed by atoms with van der Waals surface area (Å²) in [6, 6.07) is 10.1. The summed E-state index contributed by atoms with van der Waals surface area (Å²) in [6.45, 7) is 5.97. The Hall–Kier alpha value is -1.31. The molecular weight excluding hydrogens is 162 g/mol. The highest BCUT2D eigenvalue weighted by Gasteiger charge is 2.04. The van der Waals surface area contributed by atoms with Crippen LogP contribution in [0, 0.1) is 6.92 Å². The molecule has 1 aromatic carbocycles. The molecule has 0 bridgehead atoms. The van der Waals surface area contributed by atoms with Crippen LogP contribution in [0.4, 0.5) is 0 Å². The van der Waals surface area contributed by atoms with Gasteiger partial charge in [0.1, 0.15) is 0 Å². The number of carbonyl (C=O) groups excluding carboxylic acids is 1. The second-order valence-corrected chi connectivity index (χ2v) is 3.12. The molecule has 0 fully saturated rings. The molecule has 0 aromatic heterocycles. The van der Waals surface area contributed by atoms with Gasteiger partial charge in [-0.25, -0.2) is 0 Å². The van der Waals surface area contributed by atoms with Crippen LogP contribution < -0.4 is 5.32 Å². The van der Waals surface area contributed by atoms with E-state index in [-0.39, 0.29) is 5.91 Å². The average Bonchev–Trinajstić information content (AvgIpc) is 2.15. The number of benzene rings is 1. The molecule has 0 aliphatic carbocycles. The molecule has 1 N–H and O–H groups in total. The largest absolute Gasteiger partial charge is 0.355 e. The molecule has 0 aliphatic heterocycles. The molecule has 1 radical (unpaired) electrons. The average molecular weight is 176 g/mol.